The molecule has 1 aromatic heterocycles. The maximum Gasteiger partial charge on any atom is 0.127 e. The summed E-state index contributed by atoms with van der Waals surface area (Å²) in [7, 11) is 0. The number of thiophene rings is 1. The van der Waals surface area contributed by atoms with E-state index in [-0.39, 0.29) is 11.9 Å². The van der Waals surface area contributed by atoms with Gasteiger partial charge < -0.3 is 5.73 Å². The Bertz CT molecular complexity index is 581. The Morgan fingerprint density at radius 3 is 3.00 bits per heavy atom. The second-order valence-electron chi connectivity index (χ2n) is 5.31. The SMILES string of the molecule is NC(CCN1CCc2sccc2C1)c1ccccc1F. The minimum Gasteiger partial charge on any atom is -0.324 e. The smallest absolute Gasteiger partial charge is 0.127 e. The maximum absolute atomic E-state index is 13.7. The van der Waals surface area contributed by atoms with Crippen LogP contribution in [0.4, 0.5) is 4.39 Å². The lowest BCUT2D eigenvalue weighted by Gasteiger charge is -2.27. The van der Waals surface area contributed by atoms with Crippen LogP contribution in [0, 0.1) is 5.82 Å². The molecule has 1 unspecified atom stereocenters. The summed E-state index contributed by atoms with van der Waals surface area (Å²) in [5.74, 6) is -0.196. The van der Waals surface area contributed by atoms with Crippen molar-refractivity contribution in [1.82, 2.24) is 4.90 Å². The molecule has 1 aliphatic heterocycles. The first kappa shape index (κ1) is 13.7. The van der Waals surface area contributed by atoms with Crippen molar-refractivity contribution in [1.29, 1.82) is 0 Å². The fourth-order valence-electron chi connectivity index (χ4n) is 2.75. The van der Waals surface area contributed by atoms with Crippen molar-refractivity contribution in [2.75, 3.05) is 13.1 Å². The summed E-state index contributed by atoms with van der Waals surface area (Å²) < 4.78 is 13.7. The molecule has 0 aliphatic carbocycles. The van der Waals surface area contributed by atoms with Crippen molar-refractivity contribution < 1.29 is 4.39 Å². The second kappa shape index (κ2) is 6.04. The lowest BCUT2D eigenvalue weighted by atomic mass is 10.0. The standard InChI is InChI=1S/C16H19FN2S/c17-14-4-2-1-3-13(14)15(18)5-8-19-9-6-16-12(11-19)7-10-20-16/h1-4,7,10,15H,5-6,8-9,11,18H2. The van der Waals surface area contributed by atoms with Crippen LogP contribution in [-0.4, -0.2) is 18.0 Å². The quantitative estimate of drug-likeness (QED) is 0.936. The van der Waals surface area contributed by atoms with E-state index in [0.29, 0.717) is 5.56 Å². The molecule has 2 N–H and O–H groups in total. The summed E-state index contributed by atoms with van der Waals surface area (Å²) in [6.45, 7) is 3.01. The zero-order valence-corrected chi connectivity index (χ0v) is 12.2. The molecule has 1 aliphatic rings. The molecular formula is C16H19FN2S. The summed E-state index contributed by atoms with van der Waals surface area (Å²) in [6.07, 6.45) is 1.92. The molecule has 1 aromatic carbocycles. The monoisotopic (exact) mass is 290 g/mol. The summed E-state index contributed by atoms with van der Waals surface area (Å²) in [6, 6.07) is 8.80. The highest BCUT2D eigenvalue weighted by molar-refractivity contribution is 7.10. The fourth-order valence-corrected chi connectivity index (χ4v) is 3.64. The van der Waals surface area contributed by atoms with Crippen LogP contribution in [0.25, 0.3) is 0 Å². The van der Waals surface area contributed by atoms with Crippen molar-refractivity contribution in [3.8, 4) is 0 Å². The molecule has 0 radical (unpaired) electrons. The highest BCUT2D eigenvalue weighted by Crippen LogP contribution is 2.25. The van der Waals surface area contributed by atoms with E-state index in [9.17, 15) is 4.39 Å². The van der Waals surface area contributed by atoms with E-state index in [1.54, 1.807) is 12.1 Å². The molecule has 3 rings (SSSR count). The first-order valence-corrected chi connectivity index (χ1v) is 7.89. The third kappa shape index (κ3) is 2.92. The molecule has 20 heavy (non-hydrogen) atoms. The highest BCUT2D eigenvalue weighted by Gasteiger charge is 2.18. The molecule has 0 saturated carbocycles. The van der Waals surface area contributed by atoms with Crippen LogP contribution in [0.2, 0.25) is 0 Å². The van der Waals surface area contributed by atoms with Crippen LogP contribution < -0.4 is 5.73 Å². The Morgan fingerprint density at radius 2 is 2.15 bits per heavy atom. The van der Waals surface area contributed by atoms with E-state index in [2.05, 4.69) is 16.3 Å². The van der Waals surface area contributed by atoms with Crippen molar-refractivity contribution in [3.05, 3.63) is 57.5 Å². The van der Waals surface area contributed by atoms with Gasteiger partial charge in [0, 0.05) is 36.1 Å². The molecule has 2 nitrogen and oxygen atoms in total. The third-order valence-electron chi connectivity index (χ3n) is 3.95. The van der Waals surface area contributed by atoms with Gasteiger partial charge in [0.05, 0.1) is 0 Å². The Hall–Kier alpha value is -1.23. The number of benzene rings is 1. The van der Waals surface area contributed by atoms with Crippen LogP contribution in [0.3, 0.4) is 0 Å². The second-order valence-corrected chi connectivity index (χ2v) is 6.31. The first-order chi connectivity index (χ1) is 9.74. The Labute approximate surface area is 123 Å². The van der Waals surface area contributed by atoms with Crippen LogP contribution in [0.15, 0.2) is 35.7 Å². The van der Waals surface area contributed by atoms with Crippen LogP contribution in [0.5, 0.6) is 0 Å². The van der Waals surface area contributed by atoms with E-state index in [0.717, 1.165) is 32.5 Å². The predicted molar refractivity (Wildman–Crippen MR) is 81.2 cm³/mol. The third-order valence-corrected chi connectivity index (χ3v) is 4.97. The van der Waals surface area contributed by atoms with E-state index < -0.39 is 0 Å². The molecule has 0 spiro atoms. The van der Waals surface area contributed by atoms with Gasteiger partial charge >= 0.3 is 0 Å². The van der Waals surface area contributed by atoms with Crippen molar-refractivity contribution in [3.63, 3.8) is 0 Å². The Kier molecular flexibility index (Phi) is 4.15. The zero-order valence-electron chi connectivity index (χ0n) is 11.4. The van der Waals surface area contributed by atoms with Gasteiger partial charge in [-0.3, -0.25) is 4.90 Å². The van der Waals surface area contributed by atoms with Gasteiger partial charge in [-0.25, -0.2) is 4.39 Å². The van der Waals surface area contributed by atoms with Gasteiger partial charge in [0.15, 0.2) is 0 Å². The van der Waals surface area contributed by atoms with Crippen LogP contribution in [0.1, 0.15) is 28.5 Å². The molecule has 4 heteroatoms. The summed E-state index contributed by atoms with van der Waals surface area (Å²) in [4.78, 5) is 3.93. The van der Waals surface area contributed by atoms with Crippen LogP contribution in [-0.2, 0) is 13.0 Å². The molecular weight excluding hydrogens is 271 g/mol. The lowest BCUT2D eigenvalue weighted by Crippen LogP contribution is -2.32. The van der Waals surface area contributed by atoms with Crippen molar-refractivity contribution in [2.45, 2.75) is 25.4 Å². The number of fused-ring (bicyclic) bond motifs is 1. The number of nitrogens with zero attached hydrogens (tertiary/aromatic N) is 1. The molecule has 0 bridgehead atoms. The molecule has 0 saturated heterocycles. The average molecular weight is 290 g/mol. The molecule has 1 atom stereocenters. The maximum atomic E-state index is 13.7. The minimum absolute atomic E-state index is 0.196. The number of nitrogens with two attached hydrogens (primary N) is 1. The van der Waals surface area contributed by atoms with E-state index in [1.807, 2.05) is 17.4 Å². The predicted octanol–water partition coefficient (Wildman–Crippen LogP) is 3.34. The van der Waals surface area contributed by atoms with E-state index >= 15 is 0 Å². The Morgan fingerprint density at radius 1 is 1.30 bits per heavy atom. The van der Waals surface area contributed by atoms with Gasteiger partial charge in [0.25, 0.3) is 0 Å². The number of hydrogen-bond donors (Lipinski definition) is 1. The zero-order chi connectivity index (χ0) is 13.9. The minimum atomic E-state index is -0.222. The van der Waals surface area contributed by atoms with E-state index in [1.165, 1.54) is 16.5 Å². The van der Waals surface area contributed by atoms with E-state index in [4.69, 9.17) is 5.73 Å². The number of rotatable bonds is 4. The van der Waals surface area contributed by atoms with Crippen molar-refractivity contribution >= 4 is 11.3 Å². The van der Waals surface area contributed by atoms with Gasteiger partial charge in [0.1, 0.15) is 5.82 Å². The molecule has 2 aromatic rings. The number of hydrogen-bond acceptors (Lipinski definition) is 3. The normalized spacial score (nSPS) is 16.9. The molecule has 106 valence electrons. The summed E-state index contributed by atoms with van der Waals surface area (Å²) >= 11 is 1.85. The number of halogens is 1. The average Bonchev–Trinajstić information content (AvgIpc) is 2.92. The van der Waals surface area contributed by atoms with Gasteiger partial charge in [-0.15, -0.1) is 11.3 Å². The van der Waals surface area contributed by atoms with Crippen LogP contribution >= 0.6 is 11.3 Å². The van der Waals surface area contributed by atoms with Gasteiger partial charge in [0.2, 0.25) is 0 Å². The molecule has 0 amide bonds. The topological polar surface area (TPSA) is 29.3 Å². The van der Waals surface area contributed by atoms with Gasteiger partial charge in [-0.2, -0.15) is 0 Å². The van der Waals surface area contributed by atoms with Gasteiger partial charge in [-0.05, 0) is 35.9 Å². The summed E-state index contributed by atoms with van der Waals surface area (Å²) in [5.41, 5.74) is 8.19. The first-order valence-electron chi connectivity index (χ1n) is 7.01. The Balaban J connectivity index is 1.57. The lowest BCUT2D eigenvalue weighted by molar-refractivity contribution is 0.245. The summed E-state index contributed by atoms with van der Waals surface area (Å²) in [5, 5.41) is 2.17. The molecule has 2 heterocycles. The van der Waals surface area contributed by atoms with Crippen molar-refractivity contribution in [2.24, 2.45) is 5.73 Å². The highest BCUT2D eigenvalue weighted by atomic mass is 32.1. The van der Waals surface area contributed by atoms with Gasteiger partial charge in [-0.1, -0.05) is 18.2 Å². The fraction of sp³-hybridized carbons (Fsp3) is 0.375. The molecule has 0 fully saturated rings. The largest absolute Gasteiger partial charge is 0.324 e.